The Kier molecular flexibility index (Phi) is 5.88. The molecule has 5 heteroatoms. The second-order valence-electron chi connectivity index (χ2n) is 6.60. The van der Waals surface area contributed by atoms with Gasteiger partial charge < -0.3 is 15.0 Å². The summed E-state index contributed by atoms with van der Waals surface area (Å²) >= 11 is 0. The van der Waals surface area contributed by atoms with Crippen molar-refractivity contribution >= 4 is 22.8 Å². The first-order valence-electron chi connectivity index (χ1n) is 9.00. The van der Waals surface area contributed by atoms with Crippen molar-refractivity contribution in [2.45, 2.75) is 60.0 Å². The summed E-state index contributed by atoms with van der Waals surface area (Å²) in [6, 6.07) is 5.36. The largest absolute Gasteiger partial charge is 0.480 e. The van der Waals surface area contributed by atoms with Gasteiger partial charge in [0.25, 0.3) is 5.91 Å². The number of carboxylic acids is 1. The van der Waals surface area contributed by atoms with Crippen LogP contribution in [0.2, 0.25) is 0 Å². The van der Waals surface area contributed by atoms with Crippen LogP contribution in [0.15, 0.2) is 18.2 Å². The third kappa shape index (κ3) is 3.55. The highest BCUT2D eigenvalue weighted by Crippen LogP contribution is 2.27. The molecule has 0 radical (unpaired) electrons. The number of rotatable bonds is 7. The Balaban J connectivity index is 2.50. The quantitative estimate of drug-likeness (QED) is 0.803. The van der Waals surface area contributed by atoms with Gasteiger partial charge in [-0.3, -0.25) is 4.79 Å². The van der Waals surface area contributed by atoms with Crippen molar-refractivity contribution in [2.75, 3.05) is 0 Å². The second kappa shape index (κ2) is 7.72. The minimum atomic E-state index is -0.993. The maximum absolute atomic E-state index is 12.9. The zero-order valence-electron chi connectivity index (χ0n) is 15.7. The molecule has 5 nitrogen and oxygen atoms in total. The molecule has 0 aliphatic rings. The normalized spacial score (nSPS) is 13.6. The van der Waals surface area contributed by atoms with Gasteiger partial charge in [0.15, 0.2) is 0 Å². The number of nitrogens with zero attached hydrogens (tertiary/aromatic N) is 1. The summed E-state index contributed by atoms with van der Waals surface area (Å²) in [6.07, 6.45) is 1.62. The Hall–Kier alpha value is -2.30. The molecule has 2 unspecified atom stereocenters. The first-order valence-corrected chi connectivity index (χ1v) is 9.00. The highest BCUT2D eigenvalue weighted by atomic mass is 16.4. The maximum Gasteiger partial charge on any atom is 0.326 e. The van der Waals surface area contributed by atoms with Gasteiger partial charge in [0.05, 0.1) is 0 Å². The summed E-state index contributed by atoms with van der Waals surface area (Å²) in [7, 11) is 0. The molecule has 2 atom stereocenters. The lowest BCUT2D eigenvalue weighted by molar-refractivity contribution is -0.140. The fourth-order valence-corrected chi connectivity index (χ4v) is 3.30. The molecule has 1 heterocycles. The van der Waals surface area contributed by atoms with Crippen molar-refractivity contribution in [3.05, 3.63) is 35.0 Å². The number of carboxylic acid groups (broad SMARTS) is 1. The Morgan fingerprint density at radius 2 is 1.92 bits per heavy atom. The molecule has 0 bridgehead atoms. The number of benzene rings is 1. The molecular weight excluding hydrogens is 316 g/mol. The number of carbonyl (C=O) groups excluding carboxylic acids is 1. The van der Waals surface area contributed by atoms with Crippen LogP contribution in [-0.4, -0.2) is 27.6 Å². The first kappa shape index (κ1) is 19.0. The first-order chi connectivity index (χ1) is 11.8. The zero-order valence-corrected chi connectivity index (χ0v) is 15.7. The molecule has 0 spiro atoms. The number of hydrogen-bond donors (Lipinski definition) is 2. The molecule has 1 amide bonds. The van der Waals surface area contributed by atoms with Crippen LogP contribution in [-0.2, 0) is 17.8 Å². The second-order valence-corrected chi connectivity index (χ2v) is 6.60. The van der Waals surface area contributed by atoms with Crippen molar-refractivity contribution in [1.29, 1.82) is 0 Å². The molecule has 2 rings (SSSR count). The number of hydrogen-bond acceptors (Lipinski definition) is 2. The SMILES string of the molecule is CCc1ccc2c(c1)c(C)c(C(=O)NC(C(=O)O)C(C)CC)n2CC. The number of fused-ring (bicyclic) bond motifs is 1. The molecule has 1 aromatic heterocycles. The minimum absolute atomic E-state index is 0.132. The summed E-state index contributed by atoms with van der Waals surface area (Å²) in [5.74, 6) is -1.44. The van der Waals surface area contributed by atoms with Crippen LogP contribution in [0.25, 0.3) is 10.9 Å². The summed E-state index contributed by atoms with van der Waals surface area (Å²) in [5.41, 5.74) is 3.69. The van der Waals surface area contributed by atoms with Crippen molar-refractivity contribution < 1.29 is 14.7 Å². The van der Waals surface area contributed by atoms with Crippen LogP contribution in [0.3, 0.4) is 0 Å². The molecule has 136 valence electrons. The van der Waals surface area contributed by atoms with Crippen LogP contribution in [0.5, 0.6) is 0 Å². The third-order valence-corrected chi connectivity index (χ3v) is 5.09. The number of aliphatic carboxylic acids is 1. The van der Waals surface area contributed by atoms with Crippen LogP contribution in [0.4, 0.5) is 0 Å². The fourth-order valence-electron chi connectivity index (χ4n) is 3.30. The van der Waals surface area contributed by atoms with Gasteiger partial charge in [0.1, 0.15) is 11.7 Å². The van der Waals surface area contributed by atoms with E-state index in [1.807, 2.05) is 38.3 Å². The maximum atomic E-state index is 12.9. The van der Waals surface area contributed by atoms with Crippen LogP contribution >= 0.6 is 0 Å². The summed E-state index contributed by atoms with van der Waals surface area (Å²) in [6.45, 7) is 10.4. The van der Waals surface area contributed by atoms with E-state index in [0.29, 0.717) is 18.7 Å². The van der Waals surface area contributed by atoms with E-state index in [2.05, 4.69) is 24.4 Å². The molecule has 0 saturated carbocycles. The van der Waals surface area contributed by atoms with Crippen LogP contribution < -0.4 is 5.32 Å². The van der Waals surface area contributed by atoms with E-state index in [9.17, 15) is 14.7 Å². The summed E-state index contributed by atoms with van der Waals surface area (Å²) in [5, 5.41) is 13.2. The van der Waals surface area contributed by atoms with E-state index in [1.165, 1.54) is 5.56 Å². The molecule has 0 fully saturated rings. The molecule has 2 aromatic rings. The highest BCUT2D eigenvalue weighted by molar-refractivity contribution is 6.03. The minimum Gasteiger partial charge on any atom is -0.480 e. The Morgan fingerprint density at radius 3 is 2.44 bits per heavy atom. The number of carbonyl (C=O) groups is 2. The molecular formula is C20H28N2O3. The van der Waals surface area contributed by atoms with Gasteiger partial charge in [0.2, 0.25) is 0 Å². The summed E-state index contributed by atoms with van der Waals surface area (Å²) in [4.78, 5) is 24.4. The standard InChI is InChI=1S/C20H28N2O3/c1-6-12(4)17(20(24)25)21-19(23)18-13(5)15-11-14(7-2)9-10-16(15)22(18)8-3/h9-12,17H,6-8H2,1-5H3,(H,21,23)(H,24,25). The average Bonchev–Trinajstić information content (AvgIpc) is 2.89. The van der Waals surface area contributed by atoms with Gasteiger partial charge in [0, 0.05) is 17.4 Å². The number of aryl methyl sites for hydroxylation is 3. The highest BCUT2D eigenvalue weighted by Gasteiger charge is 2.28. The van der Waals surface area contributed by atoms with Crippen LogP contribution in [0, 0.1) is 12.8 Å². The summed E-state index contributed by atoms with van der Waals surface area (Å²) < 4.78 is 1.97. The molecule has 1 aromatic carbocycles. The topological polar surface area (TPSA) is 71.3 Å². The van der Waals surface area contributed by atoms with E-state index < -0.39 is 12.0 Å². The van der Waals surface area contributed by atoms with E-state index in [4.69, 9.17) is 0 Å². The van der Waals surface area contributed by atoms with Crippen molar-refractivity contribution in [3.8, 4) is 0 Å². The van der Waals surface area contributed by atoms with E-state index in [-0.39, 0.29) is 11.8 Å². The van der Waals surface area contributed by atoms with Crippen molar-refractivity contribution in [2.24, 2.45) is 5.92 Å². The van der Waals surface area contributed by atoms with Crippen molar-refractivity contribution in [3.63, 3.8) is 0 Å². The third-order valence-electron chi connectivity index (χ3n) is 5.09. The smallest absolute Gasteiger partial charge is 0.326 e. The lowest BCUT2D eigenvalue weighted by Gasteiger charge is -2.21. The number of aromatic nitrogens is 1. The van der Waals surface area contributed by atoms with Gasteiger partial charge in [-0.25, -0.2) is 4.79 Å². The van der Waals surface area contributed by atoms with Gasteiger partial charge in [-0.2, -0.15) is 0 Å². The Bertz CT molecular complexity index is 792. The number of amides is 1. The van der Waals surface area contributed by atoms with E-state index in [0.717, 1.165) is 22.9 Å². The zero-order chi connectivity index (χ0) is 18.7. The Labute approximate surface area is 149 Å². The van der Waals surface area contributed by atoms with Gasteiger partial charge >= 0.3 is 5.97 Å². The fraction of sp³-hybridized carbons (Fsp3) is 0.500. The predicted octanol–water partition coefficient (Wildman–Crippen LogP) is 3.76. The van der Waals surface area contributed by atoms with Gasteiger partial charge in [-0.05, 0) is 49.4 Å². The van der Waals surface area contributed by atoms with Crippen molar-refractivity contribution in [1.82, 2.24) is 9.88 Å². The van der Waals surface area contributed by atoms with E-state index >= 15 is 0 Å². The van der Waals surface area contributed by atoms with Gasteiger partial charge in [-0.1, -0.05) is 33.3 Å². The molecule has 0 aliphatic carbocycles. The number of nitrogens with one attached hydrogen (secondary N) is 1. The van der Waals surface area contributed by atoms with Gasteiger partial charge in [-0.15, -0.1) is 0 Å². The molecule has 0 aliphatic heterocycles. The van der Waals surface area contributed by atoms with E-state index in [1.54, 1.807) is 0 Å². The molecule has 25 heavy (non-hydrogen) atoms. The monoisotopic (exact) mass is 344 g/mol. The van der Waals surface area contributed by atoms with Crippen LogP contribution in [0.1, 0.15) is 55.7 Å². The lowest BCUT2D eigenvalue weighted by atomic mass is 9.99. The molecule has 2 N–H and O–H groups in total. The average molecular weight is 344 g/mol. The molecule has 0 saturated heterocycles. The Morgan fingerprint density at radius 1 is 1.24 bits per heavy atom. The predicted molar refractivity (Wildman–Crippen MR) is 100 cm³/mol. The lowest BCUT2D eigenvalue weighted by Crippen LogP contribution is -2.45.